The lowest BCUT2D eigenvalue weighted by Crippen LogP contribution is -2.29. The van der Waals surface area contributed by atoms with E-state index in [1.807, 2.05) is 0 Å². The molecule has 0 aliphatic carbocycles. The van der Waals surface area contributed by atoms with Gasteiger partial charge in [-0.15, -0.1) is 0 Å². The van der Waals surface area contributed by atoms with Crippen LogP contribution < -0.4 is 16.7 Å². The second-order valence-electron chi connectivity index (χ2n) is 5.22. The summed E-state index contributed by atoms with van der Waals surface area (Å²) in [6.45, 7) is -0.143. The Morgan fingerprint density at radius 1 is 1.36 bits per heavy atom. The normalized spacial score (nSPS) is 11.5. The zero-order valence-electron chi connectivity index (χ0n) is 13.2. The molecule has 3 N–H and O–H groups in total. The van der Waals surface area contributed by atoms with Crippen molar-refractivity contribution in [3.05, 3.63) is 56.5 Å². The summed E-state index contributed by atoms with van der Waals surface area (Å²) >= 11 is 0. The average molecular weight is 346 g/mol. The molecule has 0 aliphatic heterocycles. The first-order valence-electron chi connectivity index (χ1n) is 7.36. The molecule has 130 valence electrons. The van der Waals surface area contributed by atoms with Crippen LogP contribution in [0.25, 0.3) is 11.2 Å². The number of halogens is 1. The molecular formula is C15H15FN6O3. The highest BCUT2D eigenvalue weighted by Gasteiger charge is 2.16. The van der Waals surface area contributed by atoms with Crippen molar-refractivity contribution in [2.45, 2.75) is 6.54 Å². The molecule has 0 unspecified atom stereocenters. The van der Waals surface area contributed by atoms with Gasteiger partial charge in [0.2, 0.25) is 5.95 Å². The summed E-state index contributed by atoms with van der Waals surface area (Å²) in [6.07, 6.45) is 1.45. The first-order chi connectivity index (χ1) is 12.0. The topological polar surface area (TPSA) is 117 Å². The Morgan fingerprint density at radius 3 is 2.76 bits per heavy atom. The average Bonchev–Trinajstić information content (AvgIpc) is 2.94. The number of anilines is 1. The van der Waals surface area contributed by atoms with Crippen LogP contribution in [0.3, 0.4) is 0 Å². The smallest absolute Gasteiger partial charge is 0.329 e. The fraction of sp³-hybridized carbons (Fsp3) is 0.200. The molecule has 10 heteroatoms. The van der Waals surface area contributed by atoms with Gasteiger partial charge < -0.3 is 9.67 Å². The SMILES string of the molecule is Cn1c(=O)[nH]c(=O)c2c1nc(N/N=C/c1ccc(F)cc1)n2CCO. The maximum absolute atomic E-state index is 12.9. The molecule has 0 aliphatic rings. The van der Waals surface area contributed by atoms with Crippen molar-refractivity contribution in [2.24, 2.45) is 12.1 Å². The maximum atomic E-state index is 12.9. The van der Waals surface area contributed by atoms with Crippen molar-refractivity contribution in [1.82, 2.24) is 19.1 Å². The highest BCUT2D eigenvalue weighted by atomic mass is 19.1. The van der Waals surface area contributed by atoms with E-state index in [-0.39, 0.29) is 36.1 Å². The molecule has 0 saturated carbocycles. The third kappa shape index (κ3) is 3.19. The molecule has 2 heterocycles. The number of fused-ring (bicyclic) bond motifs is 1. The van der Waals surface area contributed by atoms with Gasteiger partial charge in [0.25, 0.3) is 5.56 Å². The fourth-order valence-corrected chi connectivity index (χ4v) is 2.35. The summed E-state index contributed by atoms with van der Waals surface area (Å²) in [5, 5.41) is 13.2. The van der Waals surface area contributed by atoms with Gasteiger partial charge in [0.05, 0.1) is 12.8 Å². The molecule has 0 spiro atoms. The highest BCUT2D eigenvalue weighted by molar-refractivity contribution is 5.80. The highest BCUT2D eigenvalue weighted by Crippen LogP contribution is 2.14. The summed E-state index contributed by atoms with van der Waals surface area (Å²) in [5.41, 5.74) is 2.45. The molecule has 1 aromatic carbocycles. The summed E-state index contributed by atoms with van der Waals surface area (Å²) < 4.78 is 15.5. The molecule has 0 bridgehead atoms. The Hall–Kier alpha value is -3.27. The molecule has 0 fully saturated rings. The number of benzene rings is 1. The van der Waals surface area contributed by atoms with E-state index in [9.17, 15) is 19.1 Å². The fourth-order valence-electron chi connectivity index (χ4n) is 2.35. The molecular weight excluding hydrogens is 331 g/mol. The number of nitrogens with one attached hydrogen (secondary N) is 2. The van der Waals surface area contributed by atoms with Gasteiger partial charge in [0.1, 0.15) is 5.82 Å². The lowest BCUT2D eigenvalue weighted by atomic mass is 10.2. The van der Waals surface area contributed by atoms with Crippen LogP contribution in [0.15, 0.2) is 39.0 Å². The van der Waals surface area contributed by atoms with Gasteiger partial charge in [-0.05, 0) is 17.7 Å². The zero-order chi connectivity index (χ0) is 18.0. The van der Waals surface area contributed by atoms with E-state index in [4.69, 9.17) is 0 Å². The van der Waals surface area contributed by atoms with Gasteiger partial charge >= 0.3 is 5.69 Å². The number of aromatic amines is 1. The molecule has 9 nitrogen and oxygen atoms in total. The number of aliphatic hydroxyl groups excluding tert-OH is 1. The van der Waals surface area contributed by atoms with Crippen LogP contribution >= 0.6 is 0 Å². The summed E-state index contributed by atoms with van der Waals surface area (Å²) in [5.74, 6) is -0.163. The van der Waals surface area contributed by atoms with Crippen molar-refractivity contribution in [1.29, 1.82) is 0 Å². The van der Waals surface area contributed by atoms with Crippen LogP contribution in [0.2, 0.25) is 0 Å². The van der Waals surface area contributed by atoms with Crippen LogP contribution in [0.4, 0.5) is 10.3 Å². The van der Waals surface area contributed by atoms with E-state index >= 15 is 0 Å². The van der Waals surface area contributed by atoms with Gasteiger partial charge in [-0.2, -0.15) is 10.1 Å². The van der Waals surface area contributed by atoms with E-state index in [1.54, 1.807) is 12.1 Å². The van der Waals surface area contributed by atoms with Crippen LogP contribution in [-0.2, 0) is 13.6 Å². The molecule has 0 radical (unpaired) electrons. The number of H-pyrrole nitrogens is 1. The second-order valence-corrected chi connectivity index (χ2v) is 5.22. The van der Waals surface area contributed by atoms with E-state index in [0.717, 1.165) is 0 Å². The predicted octanol–water partition coefficient (Wildman–Crippen LogP) is 0.000700. The molecule has 3 aromatic rings. The molecule has 2 aromatic heterocycles. The Morgan fingerprint density at radius 2 is 2.08 bits per heavy atom. The van der Waals surface area contributed by atoms with Crippen LogP contribution in [0.1, 0.15) is 5.56 Å². The quantitative estimate of drug-likeness (QED) is 0.444. The number of hydrogen-bond donors (Lipinski definition) is 3. The summed E-state index contributed by atoms with van der Waals surface area (Å²) in [6, 6.07) is 5.70. The van der Waals surface area contributed by atoms with Gasteiger partial charge in [0.15, 0.2) is 11.2 Å². The molecule has 25 heavy (non-hydrogen) atoms. The van der Waals surface area contributed by atoms with Crippen LogP contribution in [-0.4, -0.2) is 37.0 Å². The Kier molecular flexibility index (Phi) is 4.44. The molecule has 0 amide bonds. The molecule has 0 atom stereocenters. The number of rotatable bonds is 5. The van der Waals surface area contributed by atoms with Crippen molar-refractivity contribution in [2.75, 3.05) is 12.0 Å². The lowest BCUT2D eigenvalue weighted by molar-refractivity contribution is 0.278. The van der Waals surface area contributed by atoms with E-state index in [2.05, 4.69) is 20.5 Å². The first-order valence-corrected chi connectivity index (χ1v) is 7.36. The van der Waals surface area contributed by atoms with Crippen molar-refractivity contribution < 1.29 is 9.50 Å². The number of aliphatic hydroxyl groups is 1. The number of aromatic nitrogens is 4. The van der Waals surface area contributed by atoms with Gasteiger partial charge in [-0.3, -0.25) is 14.3 Å². The third-order valence-corrected chi connectivity index (χ3v) is 3.58. The molecule has 3 rings (SSSR count). The first kappa shape index (κ1) is 16.6. The maximum Gasteiger partial charge on any atom is 0.329 e. The van der Waals surface area contributed by atoms with E-state index < -0.39 is 11.2 Å². The number of nitrogens with zero attached hydrogens (tertiary/aromatic N) is 4. The standard InChI is InChI=1S/C15H15FN6O3/c1-21-12-11(13(24)19-15(21)25)22(6-7-23)14(18-12)20-17-8-9-2-4-10(16)5-3-9/h2-5,8,23H,6-7H2,1H3,(H,18,20)(H,19,24,25)/b17-8+. The number of imidazole rings is 1. The van der Waals surface area contributed by atoms with Crippen LogP contribution in [0, 0.1) is 5.82 Å². The van der Waals surface area contributed by atoms with Crippen molar-refractivity contribution >= 4 is 23.3 Å². The number of hydrazone groups is 1. The van der Waals surface area contributed by atoms with Crippen molar-refractivity contribution in [3.8, 4) is 0 Å². The predicted molar refractivity (Wildman–Crippen MR) is 90.3 cm³/mol. The van der Waals surface area contributed by atoms with E-state index in [0.29, 0.717) is 5.56 Å². The second kappa shape index (κ2) is 6.69. The largest absolute Gasteiger partial charge is 0.395 e. The Balaban J connectivity index is 2.00. The lowest BCUT2D eigenvalue weighted by Gasteiger charge is -2.05. The zero-order valence-corrected chi connectivity index (χ0v) is 13.2. The minimum atomic E-state index is -0.602. The summed E-state index contributed by atoms with van der Waals surface area (Å²) in [7, 11) is 1.47. The summed E-state index contributed by atoms with van der Waals surface area (Å²) in [4.78, 5) is 30.2. The Bertz CT molecular complexity index is 1050. The Labute approximate surface area is 140 Å². The number of hydrogen-bond acceptors (Lipinski definition) is 6. The monoisotopic (exact) mass is 346 g/mol. The van der Waals surface area contributed by atoms with Gasteiger partial charge in [0, 0.05) is 13.6 Å². The van der Waals surface area contributed by atoms with Crippen molar-refractivity contribution in [3.63, 3.8) is 0 Å². The van der Waals surface area contributed by atoms with Gasteiger partial charge in [-0.1, -0.05) is 12.1 Å². The van der Waals surface area contributed by atoms with E-state index in [1.165, 1.54) is 34.5 Å². The molecule has 0 saturated heterocycles. The minimum absolute atomic E-state index is 0.0895. The number of aryl methyl sites for hydroxylation is 1. The van der Waals surface area contributed by atoms with Crippen LogP contribution in [0.5, 0.6) is 0 Å². The van der Waals surface area contributed by atoms with Gasteiger partial charge in [-0.25, -0.2) is 14.6 Å². The minimum Gasteiger partial charge on any atom is -0.395 e. The third-order valence-electron chi connectivity index (χ3n) is 3.58.